The van der Waals surface area contributed by atoms with E-state index < -0.39 is 5.97 Å². The lowest BCUT2D eigenvalue weighted by atomic mass is 10.0. The molecule has 0 amide bonds. The molecule has 122 valence electrons. The Morgan fingerprint density at radius 1 is 1.23 bits per heavy atom. The number of fused-ring (bicyclic) bond motifs is 1. The maximum Gasteiger partial charge on any atom is 0.303 e. The van der Waals surface area contributed by atoms with Gasteiger partial charge in [-0.25, -0.2) is 4.98 Å². The number of anilines is 1. The molecular formula is C18H28N2O2. The van der Waals surface area contributed by atoms with Gasteiger partial charge < -0.3 is 10.4 Å². The predicted octanol–water partition coefficient (Wildman–Crippen LogP) is 4.11. The average molecular weight is 304 g/mol. The van der Waals surface area contributed by atoms with Crippen molar-refractivity contribution in [2.24, 2.45) is 0 Å². The van der Waals surface area contributed by atoms with Crippen molar-refractivity contribution in [1.82, 2.24) is 4.98 Å². The number of aromatic nitrogens is 1. The van der Waals surface area contributed by atoms with E-state index in [1.165, 1.54) is 42.5 Å². The standard InChI is InChI=1S/C18H28N2O2/c1-14-13-15-9-8-12-19-18(15)20-16(14)10-6-4-2-3-5-7-11-17(21)22/h13H,2-12H2,1H3,(H,19,20)(H,21,22). The zero-order chi connectivity index (χ0) is 15.8. The summed E-state index contributed by atoms with van der Waals surface area (Å²) in [6, 6.07) is 2.30. The summed E-state index contributed by atoms with van der Waals surface area (Å²) in [6.07, 6.45) is 10.3. The lowest BCUT2D eigenvalue weighted by molar-refractivity contribution is -0.137. The van der Waals surface area contributed by atoms with E-state index in [1.54, 1.807) is 0 Å². The third kappa shape index (κ3) is 5.32. The fourth-order valence-electron chi connectivity index (χ4n) is 3.07. The summed E-state index contributed by atoms with van der Waals surface area (Å²) in [6.45, 7) is 3.21. The number of aryl methyl sites for hydroxylation is 3. The molecule has 0 aliphatic carbocycles. The maximum absolute atomic E-state index is 10.4. The minimum atomic E-state index is -0.678. The van der Waals surface area contributed by atoms with Crippen LogP contribution in [-0.2, 0) is 17.6 Å². The number of nitrogens with one attached hydrogen (secondary N) is 1. The van der Waals surface area contributed by atoms with Crippen LogP contribution in [0.3, 0.4) is 0 Å². The average Bonchev–Trinajstić information content (AvgIpc) is 2.50. The molecule has 0 saturated carbocycles. The Hall–Kier alpha value is -1.58. The van der Waals surface area contributed by atoms with Crippen LogP contribution < -0.4 is 5.32 Å². The second-order valence-corrected chi connectivity index (χ2v) is 6.31. The molecule has 0 fully saturated rings. The molecule has 0 saturated heterocycles. The van der Waals surface area contributed by atoms with E-state index in [0.29, 0.717) is 6.42 Å². The molecule has 0 aromatic carbocycles. The fraction of sp³-hybridized carbons (Fsp3) is 0.667. The first-order valence-electron chi connectivity index (χ1n) is 8.62. The summed E-state index contributed by atoms with van der Waals surface area (Å²) >= 11 is 0. The summed E-state index contributed by atoms with van der Waals surface area (Å²) in [5, 5.41) is 12.0. The Balaban J connectivity index is 1.66. The molecular weight excluding hydrogens is 276 g/mol. The van der Waals surface area contributed by atoms with Crippen LogP contribution in [0.4, 0.5) is 5.82 Å². The lowest BCUT2D eigenvalue weighted by Gasteiger charge is -2.19. The van der Waals surface area contributed by atoms with Crippen molar-refractivity contribution in [3.63, 3.8) is 0 Å². The van der Waals surface area contributed by atoms with Crippen molar-refractivity contribution in [1.29, 1.82) is 0 Å². The Morgan fingerprint density at radius 2 is 1.95 bits per heavy atom. The van der Waals surface area contributed by atoms with E-state index >= 15 is 0 Å². The minimum absolute atomic E-state index is 0.311. The number of rotatable bonds is 9. The Labute approximate surface area is 133 Å². The summed E-state index contributed by atoms with van der Waals surface area (Å²) in [4.78, 5) is 15.2. The van der Waals surface area contributed by atoms with Gasteiger partial charge in [0.1, 0.15) is 5.82 Å². The number of hydrogen-bond donors (Lipinski definition) is 2. The maximum atomic E-state index is 10.4. The number of aliphatic carboxylic acids is 1. The summed E-state index contributed by atoms with van der Waals surface area (Å²) in [7, 11) is 0. The number of unbranched alkanes of at least 4 members (excludes halogenated alkanes) is 5. The highest BCUT2D eigenvalue weighted by molar-refractivity contribution is 5.66. The third-order valence-corrected chi connectivity index (χ3v) is 4.37. The smallest absolute Gasteiger partial charge is 0.303 e. The van der Waals surface area contributed by atoms with Crippen LogP contribution in [0, 0.1) is 6.92 Å². The van der Waals surface area contributed by atoms with Crippen LogP contribution in [0.1, 0.15) is 68.2 Å². The van der Waals surface area contributed by atoms with Crippen LogP contribution >= 0.6 is 0 Å². The van der Waals surface area contributed by atoms with Crippen LogP contribution in [0.5, 0.6) is 0 Å². The highest BCUT2D eigenvalue weighted by atomic mass is 16.4. The quantitative estimate of drug-likeness (QED) is 0.674. The van der Waals surface area contributed by atoms with Crippen molar-refractivity contribution < 1.29 is 9.90 Å². The zero-order valence-electron chi connectivity index (χ0n) is 13.7. The van der Waals surface area contributed by atoms with Gasteiger partial charge in [0.25, 0.3) is 0 Å². The Bertz CT molecular complexity index is 500. The third-order valence-electron chi connectivity index (χ3n) is 4.37. The van der Waals surface area contributed by atoms with Gasteiger partial charge in [-0.05, 0) is 50.2 Å². The highest BCUT2D eigenvalue weighted by Gasteiger charge is 2.12. The van der Waals surface area contributed by atoms with E-state index in [4.69, 9.17) is 10.1 Å². The van der Waals surface area contributed by atoms with Gasteiger partial charge in [0.15, 0.2) is 0 Å². The lowest BCUT2D eigenvalue weighted by Crippen LogP contribution is -2.15. The first kappa shape index (κ1) is 16.8. The van der Waals surface area contributed by atoms with Gasteiger partial charge in [-0.2, -0.15) is 0 Å². The monoisotopic (exact) mass is 304 g/mol. The molecule has 22 heavy (non-hydrogen) atoms. The second-order valence-electron chi connectivity index (χ2n) is 6.31. The molecule has 0 unspecified atom stereocenters. The molecule has 1 aromatic rings. The molecule has 1 aliphatic rings. The first-order chi connectivity index (χ1) is 10.7. The summed E-state index contributed by atoms with van der Waals surface area (Å²) < 4.78 is 0. The summed E-state index contributed by atoms with van der Waals surface area (Å²) in [5.74, 6) is 0.420. The number of nitrogens with zero attached hydrogens (tertiary/aromatic N) is 1. The van der Waals surface area contributed by atoms with Gasteiger partial charge in [0.2, 0.25) is 0 Å². The molecule has 2 N–H and O–H groups in total. The van der Waals surface area contributed by atoms with Crippen LogP contribution in [-0.4, -0.2) is 22.6 Å². The zero-order valence-corrected chi connectivity index (χ0v) is 13.7. The van der Waals surface area contributed by atoms with E-state index in [2.05, 4.69) is 18.3 Å². The van der Waals surface area contributed by atoms with Gasteiger partial charge in [-0.15, -0.1) is 0 Å². The van der Waals surface area contributed by atoms with Crippen molar-refractivity contribution in [2.75, 3.05) is 11.9 Å². The number of hydrogen-bond acceptors (Lipinski definition) is 3. The van der Waals surface area contributed by atoms with Crippen LogP contribution in [0.2, 0.25) is 0 Å². The molecule has 1 aliphatic heterocycles. The van der Waals surface area contributed by atoms with E-state index in [0.717, 1.165) is 44.5 Å². The SMILES string of the molecule is Cc1cc2c(nc1CCCCCCCCC(=O)O)NCCC2. The van der Waals surface area contributed by atoms with Crippen LogP contribution in [0.25, 0.3) is 0 Å². The normalized spacial score (nSPS) is 13.5. The van der Waals surface area contributed by atoms with E-state index in [-0.39, 0.29) is 0 Å². The van der Waals surface area contributed by atoms with Gasteiger partial charge >= 0.3 is 5.97 Å². The van der Waals surface area contributed by atoms with Gasteiger partial charge in [-0.1, -0.05) is 31.7 Å². The molecule has 2 rings (SSSR count). The van der Waals surface area contributed by atoms with Gasteiger partial charge in [0, 0.05) is 18.7 Å². The Kier molecular flexibility index (Phi) is 6.69. The molecule has 2 heterocycles. The fourth-order valence-corrected chi connectivity index (χ4v) is 3.07. The number of pyridine rings is 1. The number of carbonyl (C=O) groups is 1. The Morgan fingerprint density at radius 3 is 2.73 bits per heavy atom. The minimum Gasteiger partial charge on any atom is -0.481 e. The summed E-state index contributed by atoms with van der Waals surface area (Å²) in [5.41, 5.74) is 3.92. The van der Waals surface area contributed by atoms with Crippen LogP contribution in [0.15, 0.2) is 6.07 Å². The largest absolute Gasteiger partial charge is 0.481 e. The van der Waals surface area contributed by atoms with Gasteiger partial charge in [-0.3, -0.25) is 4.79 Å². The number of carboxylic acid groups (broad SMARTS) is 1. The first-order valence-corrected chi connectivity index (χ1v) is 8.62. The molecule has 4 nitrogen and oxygen atoms in total. The molecule has 0 atom stereocenters. The molecule has 0 radical (unpaired) electrons. The number of carboxylic acids is 1. The van der Waals surface area contributed by atoms with E-state index in [9.17, 15) is 4.79 Å². The molecule has 0 spiro atoms. The highest BCUT2D eigenvalue weighted by Crippen LogP contribution is 2.23. The van der Waals surface area contributed by atoms with Gasteiger partial charge in [0.05, 0.1) is 0 Å². The van der Waals surface area contributed by atoms with E-state index in [1.807, 2.05) is 0 Å². The molecule has 4 heteroatoms. The van der Waals surface area contributed by atoms with Crippen molar-refractivity contribution in [3.8, 4) is 0 Å². The van der Waals surface area contributed by atoms with Crippen molar-refractivity contribution in [2.45, 2.75) is 71.1 Å². The predicted molar refractivity (Wildman–Crippen MR) is 89.4 cm³/mol. The topological polar surface area (TPSA) is 62.2 Å². The van der Waals surface area contributed by atoms with Crippen molar-refractivity contribution in [3.05, 3.63) is 22.9 Å². The van der Waals surface area contributed by atoms with Crippen molar-refractivity contribution >= 4 is 11.8 Å². The second kappa shape index (κ2) is 8.76. The molecule has 1 aromatic heterocycles. The molecule has 0 bridgehead atoms.